The smallest absolute Gasteiger partial charge is 0.223 e. The van der Waals surface area contributed by atoms with Crippen LogP contribution in [0.5, 0.6) is 0 Å². The van der Waals surface area contributed by atoms with E-state index in [1.165, 1.54) is 0 Å². The minimum atomic E-state index is 0.322. The minimum Gasteiger partial charge on any atom is -0.330 e. The van der Waals surface area contributed by atoms with Crippen molar-refractivity contribution in [2.45, 2.75) is 32.6 Å². The van der Waals surface area contributed by atoms with Gasteiger partial charge >= 0.3 is 0 Å². The molecule has 1 unspecified atom stereocenters. The van der Waals surface area contributed by atoms with Crippen molar-refractivity contribution in [3.63, 3.8) is 0 Å². The summed E-state index contributed by atoms with van der Waals surface area (Å²) in [5.41, 5.74) is 0. The molecule has 1 fully saturated rings. The fourth-order valence-corrected chi connectivity index (χ4v) is 2.43. The van der Waals surface area contributed by atoms with E-state index in [1.54, 1.807) is 0 Å². The summed E-state index contributed by atoms with van der Waals surface area (Å²) in [4.78, 5) is 13.6. The standard InChI is InChI=1S/C9H17NOS/c1-7(2)6-9(11)10-4-5-12-8(10)3/h7-8H,4-6H2,1-3H3. The van der Waals surface area contributed by atoms with Gasteiger partial charge in [0.25, 0.3) is 0 Å². The molecule has 0 aliphatic carbocycles. The number of carbonyl (C=O) groups excluding carboxylic acids is 1. The molecule has 12 heavy (non-hydrogen) atoms. The highest BCUT2D eigenvalue weighted by Crippen LogP contribution is 2.24. The molecule has 1 atom stereocenters. The van der Waals surface area contributed by atoms with Gasteiger partial charge in [-0.1, -0.05) is 13.8 Å². The van der Waals surface area contributed by atoms with E-state index in [0.717, 1.165) is 12.3 Å². The van der Waals surface area contributed by atoms with Gasteiger partial charge in [0.2, 0.25) is 5.91 Å². The predicted molar refractivity (Wildman–Crippen MR) is 53.1 cm³/mol. The number of nitrogens with zero attached hydrogens (tertiary/aromatic N) is 1. The Balaban J connectivity index is 2.41. The zero-order valence-corrected chi connectivity index (χ0v) is 8.86. The predicted octanol–water partition coefficient (Wildman–Crippen LogP) is 1.95. The summed E-state index contributed by atoms with van der Waals surface area (Å²) >= 11 is 1.87. The summed E-state index contributed by atoms with van der Waals surface area (Å²) in [5.74, 6) is 1.91. The van der Waals surface area contributed by atoms with Crippen molar-refractivity contribution in [2.24, 2.45) is 5.92 Å². The summed E-state index contributed by atoms with van der Waals surface area (Å²) in [6, 6.07) is 0. The molecule has 0 saturated carbocycles. The zero-order chi connectivity index (χ0) is 9.14. The third kappa shape index (κ3) is 2.41. The maximum atomic E-state index is 11.6. The second-order valence-corrected chi connectivity index (χ2v) is 5.08. The second kappa shape index (κ2) is 4.17. The summed E-state index contributed by atoms with van der Waals surface area (Å²) in [6.45, 7) is 7.23. The summed E-state index contributed by atoms with van der Waals surface area (Å²) in [5, 5.41) is 0.399. The van der Waals surface area contributed by atoms with Gasteiger partial charge in [0, 0.05) is 18.7 Å². The minimum absolute atomic E-state index is 0.322. The van der Waals surface area contributed by atoms with Crippen LogP contribution in [0.4, 0.5) is 0 Å². The van der Waals surface area contributed by atoms with Crippen LogP contribution in [0.25, 0.3) is 0 Å². The van der Waals surface area contributed by atoms with E-state index in [-0.39, 0.29) is 0 Å². The summed E-state index contributed by atoms with van der Waals surface area (Å²) < 4.78 is 0. The third-order valence-electron chi connectivity index (χ3n) is 2.03. The number of carbonyl (C=O) groups is 1. The molecule has 3 heteroatoms. The van der Waals surface area contributed by atoms with Crippen molar-refractivity contribution in [3.8, 4) is 0 Å². The Labute approximate surface area is 78.7 Å². The largest absolute Gasteiger partial charge is 0.330 e. The average Bonchev–Trinajstić information content (AvgIpc) is 2.33. The SMILES string of the molecule is CC(C)CC(=O)N1CCSC1C. The van der Waals surface area contributed by atoms with Crippen molar-refractivity contribution in [2.75, 3.05) is 12.3 Å². The van der Waals surface area contributed by atoms with Gasteiger partial charge in [0.1, 0.15) is 0 Å². The summed E-state index contributed by atoms with van der Waals surface area (Å²) in [6.07, 6.45) is 0.699. The first-order chi connectivity index (χ1) is 5.61. The molecule has 1 aliphatic rings. The van der Waals surface area contributed by atoms with E-state index >= 15 is 0 Å². The lowest BCUT2D eigenvalue weighted by atomic mass is 10.1. The lowest BCUT2D eigenvalue weighted by Crippen LogP contribution is -2.33. The Kier molecular flexibility index (Phi) is 3.44. The van der Waals surface area contributed by atoms with Crippen LogP contribution in [0.3, 0.4) is 0 Å². The molecular weight excluding hydrogens is 170 g/mol. The van der Waals surface area contributed by atoms with E-state index in [9.17, 15) is 4.79 Å². The third-order valence-corrected chi connectivity index (χ3v) is 3.19. The van der Waals surface area contributed by atoms with E-state index in [4.69, 9.17) is 0 Å². The molecular formula is C9H17NOS. The number of thioether (sulfide) groups is 1. The Morgan fingerprint density at radius 3 is 2.75 bits per heavy atom. The first kappa shape index (κ1) is 9.90. The molecule has 0 radical (unpaired) electrons. The molecule has 0 aromatic carbocycles. The van der Waals surface area contributed by atoms with E-state index in [1.807, 2.05) is 16.7 Å². The highest BCUT2D eigenvalue weighted by molar-refractivity contribution is 8.00. The molecule has 0 spiro atoms. The maximum absolute atomic E-state index is 11.6. The molecule has 0 aromatic heterocycles. The van der Waals surface area contributed by atoms with Crippen LogP contribution >= 0.6 is 11.8 Å². The van der Waals surface area contributed by atoms with Gasteiger partial charge in [-0.2, -0.15) is 0 Å². The van der Waals surface area contributed by atoms with Crippen LogP contribution in [-0.4, -0.2) is 28.5 Å². The van der Waals surface area contributed by atoms with Gasteiger partial charge in [0.15, 0.2) is 0 Å². The monoisotopic (exact) mass is 187 g/mol. The van der Waals surface area contributed by atoms with Gasteiger partial charge in [-0.05, 0) is 12.8 Å². The molecule has 0 N–H and O–H groups in total. The van der Waals surface area contributed by atoms with Gasteiger partial charge in [0.05, 0.1) is 5.37 Å². The average molecular weight is 187 g/mol. The van der Waals surface area contributed by atoms with Gasteiger partial charge < -0.3 is 4.90 Å². The molecule has 1 rings (SSSR count). The van der Waals surface area contributed by atoms with Crippen LogP contribution in [0, 0.1) is 5.92 Å². The van der Waals surface area contributed by atoms with Crippen molar-refractivity contribution in [1.82, 2.24) is 4.90 Å². The number of hydrogen-bond donors (Lipinski definition) is 0. The van der Waals surface area contributed by atoms with Crippen molar-refractivity contribution < 1.29 is 4.79 Å². The number of hydrogen-bond acceptors (Lipinski definition) is 2. The zero-order valence-electron chi connectivity index (χ0n) is 8.04. The Bertz CT molecular complexity index is 170. The summed E-state index contributed by atoms with van der Waals surface area (Å²) in [7, 11) is 0. The maximum Gasteiger partial charge on any atom is 0.223 e. The fourth-order valence-electron chi connectivity index (χ4n) is 1.39. The lowest BCUT2D eigenvalue weighted by Gasteiger charge is -2.21. The molecule has 70 valence electrons. The number of rotatable bonds is 2. The van der Waals surface area contributed by atoms with Crippen LogP contribution in [-0.2, 0) is 4.79 Å². The van der Waals surface area contributed by atoms with Crippen LogP contribution in [0.2, 0.25) is 0 Å². The molecule has 1 heterocycles. The molecule has 2 nitrogen and oxygen atoms in total. The van der Waals surface area contributed by atoms with Gasteiger partial charge in [-0.15, -0.1) is 11.8 Å². The lowest BCUT2D eigenvalue weighted by molar-refractivity contribution is -0.131. The Morgan fingerprint density at radius 1 is 1.67 bits per heavy atom. The van der Waals surface area contributed by atoms with E-state index < -0.39 is 0 Å². The topological polar surface area (TPSA) is 20.3 Å². The van der Waals surface area contributed by atoms with Crippen molar-refractivity contribution in [1.29, 1.82) is 0 Å². The highest BCUT2D eigenvalue weighted by atomic mass is 32.2. The fraction of sp³-hybridized carbons (Fsp3) is 0.889. The molecule has 1 aliphatic heterocycles. The van der Waals surface area contributed by atoms with Gasteiger partial charge in [-0.25, -0.2) is 0 Å². The molecule has 0 aromatic rings. The van der Waals surface area contributed by atoms with Crippen LogP contribution in [0.15, 0.2) is 0 Å². The Hall–Kier alpha value is -0.180. The molecule has 1 amide bonds. The Morgan fingerprint density at radius 2 is 2.33 bits per heavy atom. The van der Waals surface area contributed by atoms with Gasteiger partial charge in [-0.3, -0.25) is 4.79 Å². The highest BCUT2D eigenvalue weighted by Gasteiger charge is 2.25. The quantitative estimate of drug-likeness (QED) is 0.658. The van der Waals surface area contributed by atoms with E-state index in [0.29, 0.717) is 23.6 Å². The molecule has 0 bridgehead atoms. The normalized spacial score (nSPS) is 23.7. The first-order valence-electron chi connectivity index (χ1n) is 4.52. The second-order valence-electron chi connectivity index (χ2n) is 3.66. The first-order valence-corrected chi connectivity index (χ1v) is 5.57. The van der Waals surface area contributed by atoms with Crippen LogP contribution < -0.4 is 0 Å². The van der Waals surface area contributed by atoms with E-state index in [2.05, 4.69) is 20.8 Å². The molecule has 1 saturated heterocycles. The number of amides is 1. The van der Waals surface area contributed by atoms with Crippen molar-refractivity contribution >= 4 is 17.7 Å². The van der Waals surface area contributed by atoms with Crippen molar-refractivity contribution in [3.05, 3.63) is 0 Å². The van der Waals surface area contributed by atoms with Crippen LogP contribution in [0.1, 0.15) is 27.2 Å².